The number of allylic oxidation sites excluding steroid dienone is 1. The summed E-state index contributed by atoms with van der Waals surface area (Å²) in [7, 11) is -3.83. The summed E-state index contributed by atoms with van der Waals surface area (Å²) in [5.41, 5.74) is 3.70. The van der Waals surface area contributed by atoms with Crippen LogP contribution in [0.2, 0.25) is 0 Å². The lowest BCUT2D eigenvalue weighted by molar-refractivity contribution is -0.131. The van der Waals surface area contributed by atoms with Crippen molar-refractivity contribution in [2.75, 3.05) is 12.9 Å². The molecule has 0 aliphatic heterocycles. The van der Waals surface area contributed by atoms with E-state index in [-0.39, 0.29) is 25.1 Å². The molecule has 1 aliphatic rings. The van der Waals surface area contributed by atoms with E-state index in [0.717, 1.165) is 29.4 Å². The van der Waals surface area contributed by atoms with Gasteiger partial charge >= 0.3 is 0 Å². The van der Waals surface area contributed by atoms with Crippen LogP contribution in [0.5, 0.6) is 0 Å². The van der Waals surface area contributed by atoms with Gasteiger partial charge in [0.2, 0.25) is 0 Å². The average Bonchev–Trinajstić information content (AvgIpc) is 3.54. The van der Waals surface area contributed by atoms with E-state index in [1.165, 1.54) is 23.0 Å². The van der Waals surface area contributed by atoms with Crippen molar-refractivity contribution >= 4 is 21.8 Å². The predicted octanol–water partition coefficient (Wildman–Crippen LogP) is 1.86. The number of carbonyl (C=O) groups is 1. The molecule has 3 rings (SSSR count). The monoisotopic (exact) mass is 460 g/mol. The van der Waals surface area contributed by atoms with Crippen molar-refractivity contribution in [2.45, 2.75) is 31.1 Å². The number of aliphatic hydroxyl groups is 1. The first-order valence-electron chi connectivity index (χ1n) is 10.3. The molecule has 3 atom stereocenters. The van der Waals surface area contributed by atoms with E-state index in [9.17, 15) is 18.0 Å². The first kappa shape index (κ1) is 23.9. The summed E-state index contributed by atoms with van der Waals surface area (Å²) >= 11 is 0. The summed E-state index contributed by atoms with van der Waals surface area (Å²) in [5.74, 6) is -0.210. The molecule has 3 N–H and O–H groups in total. The number of hydrogen-bond acceptors (Lipinski definition) is 6. The van der Waals surface area contributed by atoms with Gasteiger partial charge in [0.15, 0.2) is 14.6 Å². The van der Waals surface area contributed by atoms with E-state index >= 15 is 0 Å². The minimum atomic E-state index is -3.83. The van der Waals surface area contributed by atoms with E-state index in [4.69, 9.17) is 10.3 Å². The first-order valence-corrected chi connectivity index (χ1v) is 12.2. The maximum absolute atomic E-state index is 12.6. The topological polar surface area (TPSA) is 126 Å². The zero-order valence-electron chi connectivity index (χ0n) is 18.1. The summed E-state index contributed by atoms with van der Waals surface area (Å²) in [6.07, 6.45) is 7.48. The lowest BCUT2D eigenvalue weighted by Gasteiger charge is -2.25. The predicted molar refractivity (Wildman–Crippen MR) is 122 cm³/mol. The smallest absolute Gasteiger partial charge is 0.264 e. The molecule has 1 heterocycles. The minimum Gasteiger partial charge on any atom is -0.396 e. The highest BCUT2D eigenvalue weighted by Crippen LogP contribution is 2.39. The number of amides is 1. The fourth-order valence-corrected chi connectivity index (χ4v) is 4.37. The maximum atomic E-state index is 12.6. The van der Waals surface area contributed by atoms with Gasteiger partial charge in [-0.2, -0.15) is 0 Å². The number of carbonyl (C=O) groups excluding carboxylic acids is 1. The molecule has 1 saturated carbocycles. The molecule has 1 aliphatic carbocycles. The molecule has 0 spiro atoms. The number of nitrogens with one attached hydrogen (secondary N) is 1. The van der Waals surface area contributed by atoms with Gasteiger partial charge in [0, 0.05) is 31.7 Å². The molecule has 32 heavy (non-hydrogen) atoms. The fourth-order valence-electron chi connectivity index (χ4n) is 3.53. The Bertz CT molecular complexity index is 1170. The molecule has 172 valence electrons. The van der Waals surface area contributed by atoms with Crippen LogP contribution in [0.1, 0.15) is 25.3 Å². The number of benzene rings is 1. The number of hydrogen-bond donors (Lipinski definition) is 3. The van der Waals surface area contributed by atoms with Crippen molar-refractivity contribution in [1.29, 1.82) is 0 Å². The molecular formula is C23H28N2O6S. The largest absolute Gasteiger partial charge is 0.396 e. The Morgan fingerprint density at radius 1 is 1.25 bits per heavy atom. The number of sulfone groups is 1. The van der Waals surface area contributed by atoms with Crippen LogP contribution in [0.25, 0.3) is 17.2 Å². The van der Waals surface area contributed by atoms with Crippen molar-refractivity contribution in [1.82, 2.24) is 10.0 Å². The standard InChI is InChI=1S/C23H28N2O6S/c1-23(22(28)24-29,32(2,30)31)10-12-25-11-9-19(14-21(25)27)17-6-3-16(4-7-17)5-8-18-13-20(18)15-26/h3-9,11,14,18,20,26,29H,10,12-13,15H2,1-2H3,(H,24,28)/b8-5+/t18-,20+,23?/m0/s1. The number of hydroxylamine groups is 1. The lowest BCUT2D eigenvalue weighted by atomic mass is 10.0. The Morgan fingerprint density at radius 3 is 2.47 bits per heavy atom. The summed E-state index contributed by atoms with van der Waals surface area (Å²) < 4.78 is 23.6. The van der Waals surface area contributed by atoms with Crippen LogP contribution in [0.15, 0.2) is 53.5 Å². The molecular weight excluding hydrogens is 432 g/mol. The summed E-state index contributed by atoms with van der Waals surface area (Å²) in [4.78, 5) is 24.5. The third-order valence-electron chi connectivity index (χ3n) is 6.22. The van der Waals surface area contributed by atoms with E-state index in [1.54, 1.807) is 12.3 Å². The van der Waals surface area contributed by atoms with E-state index in [1.807, 2.05) is 30.3 Å². The van der Waals surface area contributed by atoms with Crippen LogP contribution in [-0.4, -0.2) is 46.8 Å². The highest BCUT2D eigenvalue weighted by atomic mass is 32.2. The number of rotatable bonds is 9. The molecule has 8 nitrogen and oxygen atoms in total. The van der Waals surface area contributed by atoms with Crippen molar-refractivity contribution in [3.05, 3.63) is 64.6 Å². The number of aryl methyl sites for hydroxylation is 1. The summed E-state index contributed by atoms with van der Waals surface area (Å²) in [6.45, 7) is 1.44. The SMILES string of the molecule is CC(CCn1ccc(-c2ccc(/C=C/[C@H]3C[C@@H]3CO)cc2)cc1=O)(C(=O)NO)S(C)(=O)=O. The Labute approximate surface area is 187 Å². The van der Waals surface area contributed by atoms with Gasteiger partial charge in [0.1, 0.15) is 0 Å². The van der Waals surface area contributed by atoms with Gasteiger partial charge in [-0.1, -0.05) is 36.4 Å². The van der Waals surface area contributed by atoms with Crippen molar-refractivity contribution in [3.63, 3.8) is 0 Å². The molecule has 0 saturated heterocycles. The Kier molecular flexibility index (Phi) is 7.02. The number of aromatic nitrogens is 1. The van der Waals surface area contributed by atoms with Gasteiger partial charge in [-0.3, -0.25) is 14.8 Å². The van der Waals surface area contributed by atoms with Crippen LogP contribution < -0.4 is 11.0 Å². The minimum absolute atomic E-state index is 0.00413. The Hall–Kier alpha value is -2.75. The number of pyridine rings is 1. The van der Waals surface area contributed by atoms with Gasteiger partial charge in [-0.15, -0.1) is 0 Å². The Balaban J connectivity index is 1.71. The van der Waals surface area contributed by atoms with Crippen molar-refractivity contribution < 1.29 is 23.5 Å². The third-order valence-corrected chi connectivity index (χ3v) is 8.24. The molecule has 9 heteroatoms. The quantitative estimate of drug-likeness (QED) is 0.387. The van der Waals surface area contributed by atoms with Crippen LogP contribution >= 0.6 is 0 Å². The van der Waals surface area contributed by atoms with Crippen LogP contribution in [-0.2, 0) is 21.2 Å². The summed E-state index contributed by atoms with van der Waals surface area (Å²) in [6, 6.07) is 11.0. The van der Waals surface area contributed by atoms with E-state index in [2.05, 4.69) is 6.08 Å². The number of nitrogens with zero attached hydrogens (tertiary/aromatic N) is 1. The molecule has 1 amide bonds. The molecule has 0 radical (unpaired) electrons. The molecule has 0 bridgehead atoms. The van der Waals surface area contributed by atoms with Crippen LogP contribution in [0.3, 0.4) is 0 Å². The molecule has 2 aromatic rings. The zero-order chi connectivity index (χ0) is 23.5. The molecule has 1 unspecified atom stereocenters. The first-order chi connectivity index (χ1) is 15.1. The highest BCUT2D eigenvalue weighted by molar-refractivity contribution is 7.92. The van der Waals surface area contributed by atoms with Gasteiger partial charge < -0.3 is 9.67 Å². The van der Waals surface area contributed by atoms with Crippen LogP contribution in [0, 0.1) is 11.8 Å². The summed E-state index contributed by atoms with van der Waals surface area (Å²) in [5, 5.41) is 18.0. The second kappa shape index (κ2) is 9.40. The maximum Gasteiger partial charge on any atom is 0.264 e. The van der Waals surface area contributed by atoms with E-state index in [0.29, 0.717) is 11.8 Å². The fraction of sp³-hybridized carbons (Fsp3) is 0.391. The van der Waals surface area contributed by atoms with Gasteiger partial charge in [0.05, 0.1) is 0 Å². The Morgan fingerprint density at radius 2 is 1.94 bits per heavy atom. The van der Waals surface area contributed by atoms with Crippen LogP contribution in [0.4, 0.5) is 0 Å². The highest BCUT2D eigenvalue weighted by Gasteiger charge is 2.43. The average molecular weight is 461 g/mol. The molecule has 1 aromatic carbocycles. The van der Waals surface area contributed by atoms with Gasteiger partial charge in [-0.05, 0) is 54.4 Å². The second-order valence-electron chi connectivity index (χ2n) is 8.46. The zero-order valence-corrected chi connectivity index (χ0v) is 18.9. The van der Waals surface area contributed by atoms with Gasteiger partial charge in [-0.25, -0.2) is 13.9 Å². The molecule has 1 aromatic heterocycles. The second-order valence-corrected chi connectivity index (χ2v) is 10.9. The third kappa shape index (κ3) is 5.17. The molecule has 1 fully saturated rings. The van der Waals surface area contributed by atoms with Gasteiger partial charge in [0.25, 0.3) is 11.5 Å². The van der Waals surface area contributed by atoms with Crippen molar-refractivity contribution in [2.24, 2.45) is 11.8 Å². The normalized spacial score (nSPS) is 20.1. The number of aliphatic hydroxyl groups excluding tert-OH is 1. The van der Waals surface area contributed by atoms with Crippen molar-refractivity contribution in [3.8, 4) is 11.1 Å². The lowest BCUT2D eigenvalue weighted by Crippen LogP contribution is -2.49. The van der Waals surface area contributed by atoms with E-state index < -0.39 is 20.5 Å².